The van der Waals surface area contributed by atoms with Gasteiger partial charge in [0.1, 0.15) is 6.54 Å². The molecule has 2 amide bonds. The van der Waals surface area contributed by atoms with Gasteiger partial charge in [-0.15, -0.1) is 0 Å². The quantitative estimate of drug-likeness (QED) is 0.110. The molecule has 1 heterocycles. The first-order chi connectivity index (χ1) is 15.4. The Morgan fingerprint density at radius 1 is 0.758 bits per heavy atom. The number of carbonyl (C=O) groups excluding carboxylic acids is 2. The molecule has 0 atom stereocenters. The van der Waals surface area contributed by atoms with Crippen molar-refractivity contribution in [2.45, 2.75) is 110 Å². The molecule has 0 aromatic heterocycles. The van der Waals surface area contributed by atoms with Crippen molar-refractivity contribution in [3.8, 4) is 0 Å². The van der Waals surface area contributed by atoms with E-state index in [1.165, 1.54) is 83.5 Å². The number of nitrogens with zero attached hydrogens (tertiary/aromatic N) is 2. The van der Waals surface area contributed by atoms with E-state index in [-0.39, 0.29) is 48.6 Å². The van der Waals surface area contributed by atoms with Gasteiger partial charge in [0.25, 0.3) is 5.91 Å². The average Bonchev–Trinajstić information content (AvgIpc) is 2.78. The summed E-state index contributed by atoms with van der Waals surface area (Å²) in [7, 11) is 4.06. The van der Waals surface area contributed by atoms with Gasteiger partial charge in [0.05, 0.1) is 27.3 Å². The first-order valence-corrected chi connectivity index (χ1v) is 13.4. The van der Waals surface area contributed by atoms with Crippen molar-refractivity contribution in [2.75, 3.05) is 46.9 Å². The Kier molecular flexibility index (Phi) is 20.7. The maximum atomic E-state index is 12.3. The number of carbonyl (C=O) groups is 2. The first-order valence-electron chi connectivity index (χ1n) is 13.4. The van der Waals surface area contributed by atoms with Crippen LogP contribution >= 0.6 is 0 Å². The van der Waals surface area contributed by atoms with Crippen LogP contribution in [0.25, 0.3) is 0 Å². The third-order valence-corrected chi connectivity index (χ3v) is 6.43. The zero-order valence-electron chi connectivity index (χ0n) is 21.8. The lowest BCUT2D eigenvalue weighted by atomic mass is 10.0. The monoisotopic (exact) mass is 581 g/mol. The molecule has 0 saturated carbocycles. The highest BCUT2D eigenvalue weighted by atomic mass is 127. The first kappa shape index (κ1) is 32.6. The van der Waals surface area contributed by atoms with Crippen LogP contribution in [-0.2, 0) is 14.3 Å². The SMILES string of the molecule is CCCCCCCCCCCCCCCC[N+](C)(C)NC(=O)CCC(=O)N1CCOCC1.[I-]. The van der Waals surface area contributed by atoms with E-state index >= 15 is 0 Å². The molecule has 0 aromatic carbocycles. The second-order valence-electron chi connectivity index (χ2n) is 10.0. The maximum absolute atomic E-state index is 12.3. The van der Waals surface area contributed by atoms with Crippen molar-refractivity contribution in [1.29, 1.82) is 0 Å². The Morgan fingerprint density at radius 2 is 1.21 bits per heavy atom. The molecule has 33 heavy (non-hydrogen) atoms. The van der Waals surface area contributed by atoms with Crippen molar-refractivity contribution in [1.82, 2.24) is 10.3 Å². The third-order valence-electron chi connectivity index (χ3n) is 6.43. The predicted molar refractivity (Wildman–Crippen MR) is 132 cm³/mol. The normalized spacial score (nSPS) is 14.1. The molecule has 0 aromatic rings. The summed E-state index contributed by atoms with van der Waals surface area (Å²) >= 11 is 0. The molecule has 1 aliphatic heterocycles. The van der Waals surface area contributed by atoms with Crippen LogP contribution < -0.4 is 29.4 Å². The molecule has 1 N–H and O–H groups in total. The molecule has 0 aliphatic carbocycles. The number of hydrogen-bond donors (Lipinski definition) is 1. The maximum Gasteiger partial charge on any atom is 0.265 e. The molecular formula is C26H52IN3O3. The highest BCUT2D eigenvalue weighted by Crippen LogP contribution is 2.13. The van der Waals surface area contributed by atoms with Gasteiger partial charge in [-0.2, -0.15) is 0 Å². The van der Waals surface area contributed by atoms with Crippen molar-refractivity contribution in [3.05, 3.63) is 0 Å². The number of ether oxygens (including phenoxy) is 1. The van der Waals surface area contributed by atoms with Crippen LogP contribution in [-0.4, -0.2) is 68.2 Å². The highest BCUT2D eigenvalue weighted by Gasteiger charge is 2.21. The van der Waals surface area contributed by atoms with Gasteiger partial charge in [0.2, 0.25) is 5.91 Å². The molecule has 7 heteroatoms. The summed E-state index contributed by atoms with van der Waals surface area (Å²) in [6, 6.07) is 0. The number of quaternary nitrogens is 1. The molecule has 1 rings (SSSR count). The summed E-state index contributed by atoms with van der Waals surface area (Å²) in [5.41, 5.74) is 3.06. The minimum Gasteiger partial charge on any atom is -1.00 e. The lowest BCUT2D eigenvalue weighted by Gasteiger charge is -2.29. The average molecular weight is 582 g/mol. The van der Waals surface area contributed by atoms with Crippen LogP contribution in [0.15, 0.2) is 0 Å². The van der Waals surface area contributed by atoms with E-state index in [1.807, 2.05) is 14.1 Å². The van der Waals surface area contributed by atoms with Crippen LogP contribution in [0, 0.1) is 0 Å². The fourth-order valence-electron chi connectivity index (χ4n) is 4.34. The number of amides is 2. The molecule has 196 valence electrons. The zero-order chi connectivity index (χ0) is 23.5. The summed E-state index contributed by atoms with van der Waals surface area (Å²) in [6.45, 7) is 5.68. The van der Waals surface area contributed by atoms with E-state index in [1.54, 1.807) is 4.90 Å². The van der Waals surface area contributed by atoms with Gasteiger partial charge < -0.3 is 33.6 Å². The minimum absolute atomic E-state index is 0. The number of halogens is 1. The number of hydrogen-bond acceptors (Lipinski definition) is 3. The van der Waals surface area contributed by atoms with Crippen molar-refractivity contribution in [2.24, 2.45) is 0 Å². The van der Waals surface area contributed by atoms with E-state index in [9.17, 15) is 9.59 Å². The van der Waals surface area contributed by atoms with Crippen LogP contribution in [0.2, 0.25) is 0 Å². The van der Waals surface area contributed by atoms with Crippen LogP contribution in [0.5, 0.6) is 0 Å². The van der Waals surface area contributed by atoms with E-state index in [0.29, 0.717) is 30.9 Å². The molecule has 1 fully saturated rings. The number of unbranched alkanes of at least 4 members (excludes halogenated alkanes) is 13. The Balaban J connectivity index is 0.0000102. The van der Waals surface area contributed by atoms with Gasteiger partial charge in [-0.25, -0.2) is 10.0 Å². The lowest BCUT2D eigenvalue weighted by molar-refractivity contribution is -0.925. The Bertz CT molecular complexity index is 497. The topological polar surface area (TPSA) is 58.6 Å². The Morgan fingerprint density at radius 3 is 1.70 bits per heavy atom. The predicted octanol–water partition coefficient (Wildman–Crippen LogP) is 2.22. The van der Waals surface area contributed by atoms with Gasteiger partial charge in [0, 0.05) is 25.9 Å². The van der Waals surface area contributed by atoms with Crippen molar-refractivity contribution in [3.63, 3.8) is 0 Å². The van der Waals surface area contributed by atoms with Crippen molar-refractivity contribution < 1.29 is 42.9 Å². The standard InChI is InChI=1S/C26H51N3O3.HI/c1-4-5-6-7-8-9-10-11-12-13-14-15-16-17-22-29(2,3)27-25(30)18-19-26(31)28-20-23-32-24-21-28;/h4-24H2,1-3H3;1H. The summed E-state index contributed by atoms with van der Waals surface area (Å²) in [4.78, 5) is 26.2. The summed E-state index contributed by atoms with van der Waals surface area (Å²) in [6.07, 6.45) is 19.5. The van der Waals surface area contributed by atoms with E-state index in [4.69, 9.17) is 4.74 Å². The molecule has 0 spiro atoms. The van der Waals surface area contributed by atoms with Crippen LogP contribution in [0.4, 0.5) is 0 Å². The number of rotatable bonds is 19. The molecule has 1 saturated heterocycles. The van der Waals surface area contributed by atoms with Gasteiger partial charge in [-0.3, -0.25) is 9.59 Å². The molecule has 0 unspecified atom stereocenters. The molecule has 6 nitrogen and oxygen atoms in total. The zero-order valence-corrected chi connectivity index (χ0v) is 24.0. The Labute approximate surface area is 221 Å². The van der Waals surface area contributed by atoms with Gasteiger partial charge in [-0.05, 0) is 12.8 Å². The summed E-state index contributed by atoms with van der Waals surface area (Å²) in [5.74, 6) is 0.0164. The second kappa shape index (κ2) is 20.9. The lowest BCUT2D eigenvalue weighted by Crippen LogP contribution is -3.00. The third kappa shape index (κ3) is 18.6. The van der Waals surface area contributed by atoms with E-state index in [2.05, 4.69) is 12.3 Å². The smallest absolute Gasteiger partial charge is 0.265 e. The van der Waals surface area contributed by atoms with Crippen LogP contribution in [0.1, 0.15) is 110 Å². The molecule has 1 aliphatic rings. The van der Waals surface area contributed by atoms with Gasteiger partial charge in [-0.1, -0.05) is 84.0 Å². The van der Waals surface area contributed by atoms with E-state index in [0.717, 1.165) is 13.0 Å². The second-order valence-corrected chi connectivity index (χ2v) is 10.0. The summed E-state index contributed by atoms with van der Waals surface area (Å²) in [5, 5.41) is 0. The highest BCUT2D eigenvalue weighted by molar-refractivity contribution is 5.83. The largest absolute Gasteiger partial charge is 1.00 e. The fraction of sp³-hybridized carbons (Fsp3) is 0.923. The van der Waals surface area contributed by atoms with E-state index < -0.39 is 0 Å². The fourth-order valence-corrected chi connectivity index (χ4v) is 4.34. The minimum atomic E-state index is -0.0398. The number of nitrogens with one attached hydrogen (secondary N) is 1. The van der Waals surface area contributed by atoms with Gasteiger partial charge >= 0.3 is 0 Å². The van der Waals surface area contributed by atoms with Crippen molar-refractivity contribution >= 4 is 11.8 Å². The summed E-state index contributed by atoms with van der Waals surface area (Å²) < 4.78 is 5.76. The molecular weight excluding hydrogens is 529 g/mol. The number of morpholine rings is 1. The molecule has 0 radical (unpaired) electrons. The van der Waals surface area contributed by atoms with Gasteiger partial charge in [0.15, 0.2) is 0 Å². The Hall–Kier alpha value is -0.410. The van der Waals surface area contributed by atoms with Crippen LogP contribution in [0.3, 0.4) is 0 Å². The molecule has 0 bridgehead atoms.